The molecule has 2 amide bonds. The molecule has 118 valence electrons. The molecule has 0 radical (unpaired) electrons. The zero-order valence-corrected chi connectivity index (χ0v) is 12.1. The van der Waals surface area contributed by atoms with E-state index in [1.165, 1.54) is 18.2 Å². The number of nitro groups is 1. The Morgan fingerprint density at radius 2 is 1.78 bits per heavy atom. The summed E-state index contributed by atoms with van der Waals surface area (Å²) in [5.74, 6) is -2.11. The predicted molar refractivity (Wildman–Crippen MR) is 79.4 cm³/mol. The molecule has 7 nitrogen and oxygen atoms in total. The van der Waals surface area contributed by atoms with Gasteiger partial charge in [0, 0.05) is 17.7 Å². The molecule has 0 fully saturated rings. The van der Waals surface area contributed by atoms with E-state index in [0.29, 0.717) is 0 Å². The van der Waals surface area contributed by atoms with Gasteiger partial charge in [-0.15, -0.1) is 0 Å². The van der Waals surface area contributed by atoms with E-state index < -0.39 is 22.6 Å². The first kappa shape index (κ1) is 16.4. The molecule has 0 saturated carbocycles. The highest BCUT2D eigenvalue weighted by atomic mass is 35.5. The standard InChI is InChI=1S/C14H9ClFN3O4/c15-12-7-9(16)4-5-11(12)14(21)18-17-13(20)8-2-1-3-10(6-8)19(22)23/h1-7H,(H,17,20)(H,18,21). The molecule has 9 heteroatoms. The molecule has 0 spiro atoms. The Kier molecular flexibility index (Phi) is 4.87. The van der Waals surface area contributed by atoms with Crippen molar-refractivity contribution in [3.8, 4) is 0 Å². The molecule has 23 heavy (non-hydrogen) atoms. The van der Waals surface area contributed by atoms with Gasteiger partial charge in [0.05, 0.1) is 15.5 Å². The monoisotopic (exact) mass is 337 g/mol. The number of rotatable bonds is 3. The number of nitro benzene ring substituents is 1. The van der Waals surface area contributed by atoms with Crippen molar-refractivity contribution in [2.24, 2.45) is 0 Å². The van der Waals surface area contributed by atoms with Crippen LogP contribution in [0, 0.1) is 15.9 Å². The summed E-state index contributed by atoms with van der Waals surface area (Å²) >= 11 is 5.72. The van der Waals surface area contributed by atoms with Crippen molar-refractivity contribution in [3.63, 3.8) is 0 Å². The molecule has 0 unspecified atom stereocenters. The first-order valence-corrected chi connectivity index (χ1v) is 6.56. The summed E-state index contributed by atoms with van der Waals surface area (Å²) in [5.41, 5.74) is 3.88. The average molecular weight is 338 g/mol. The molecule has 0 bridgehead atoms. The highest BCUT2D eigenvalue weighted by Gasteiger charge is 2.14. The molecule has 0 aromatic heterocycles. The molecule has 0 aliphatic carbocycles. The van der Waals surface area contributed by atoms with Crippen LogP contribution >= 0.6 is 11.6 Å². The number of hydrogen-bond donors (Lipinski definition) is 2. The number of carbonyl (C=O) groups excluding carboxylic acids is 2. The van der Waals surface area contributed by atoms with Crippen LogP contribution in [0.3, 0.4) is 0 Å². The highest BCUT2D eigenvalue weighted by Crippen LogP contribution is 2.17. The molecule has 2 aromatic carbocycles. The lowest BCUT2D eigenvalue weighted by Gasteiger charge is -2.08. The zero-order valence-electron chi connectivity index (χ0n) is 11.4. The number of benzene rings is 2. The predicted octanol–water partition coefficient (Wildman–Crippen LogP) is 2.46. The molecule has 2 N–H and O–H groups in total. The van der Waals surface area contributed by atoms with Gasteiger partial charge in [-0.05, 0) is 24.3 Å². The van der Waals surface area contributed by atoms with Gasteiger partial charge in [0.25, 0.3) is 17.5 Å². The van der Waals surface area contributed by atoms with E-state index >= 15 is 0 Å². The molecule has 2 rings (SSSR count). The Balaban J connectivity index is 2.05. The fourth-order valence-corrected chi connectivity index (χ4v) is 1.94. The van der Waals surface area contributed by atoms with Gasteiger partial charge < -0.3 is 0 Å². The minimum Gasteiger partial charge on any atom is -0.267 e. The zero-order chi connectivity index (χ0) is 17.0. The Morgan fingerprint density at radius 1 is 1.09 bits per heavy atom. The van der Waals surface area contributed by atoms with Gasteiger partial charge in [-0.3, -0.25) is 30.6 Å². The third-order valence-electron chi connectivity index (χ3n) is 2.78. The third kappa shape index (κ3) is 4.01. The number of amides is 2. The first-order chi connectivity index (χ1) is 10.9. The van der Waals surface area contributed by atoms with Crippen molar-refractivity contribution >= 4 is 29.1 Å². The Morgan fingerprint density at radius 3 is 2.43 bits per heavy atom. The Bertz CT molecular complexity index is 797. The van der Waals surface area contributed by atoms with Gasteiger partial charge in [-0.25, -0.2) is 4.39 Å². The molecule has 0 aliphatic heterocycles. The minimum absolute atomic E-state index is 0.00953. The molecule has 0 atom stereocenters. The number of non-ortho nitro benzene ring substituents is 1. The molecular weight excluding hydrogens is 329 g/mol. The fraction of sp³-hybridized carbons (Fsp3) is 0. The maximum absolute atomic E-state index is 12.9. The van der Waals surface area contributed by atoms with E-state index in [1.54, 1.807) is 0 Å². The molecule has 0 aliphatic rings. The molecule has 2 aromatic rings. The Labute approximate surface area is 134 Å². The fourth-order valence-electron chi connectivity index (χ4n) is 1.69. The lowest BCUT2D eigenvalue weighted by atomic mass is 10.2. The number of hydrogen-bond acceptors (Lipinski definition) is 4. The molecule has 0 heterocycles. The molecular formula is C14H9ClFN3O4. The quantitative estimate of drug-likeness (QED) is 0.663. The van der Waals surface area contributed by atoms with Gasteiger partial charge >= 0.3 is 0 Å². The summed E-state index contributed by atoms with van der Waals surface area (Å²) in [6.07, 6.45) is 0. The van der Waals surface area contributed by atoms with Gasteiger partial charge in [0.15, 0.2) is 0 Å². The summed E-state index contributed by atoms with van der Waals surface area (Å²) < 4.78 is 12.9. The minimum atomic E-state index is -0.756. The van der Waals surface area contributed by atoms with E-state index in [2.05, 4.69) is 10.9 Å². The number of nitrogens with zero attached hydrogens (tertiary/aromatic N) is 1. The van der Waals surface area contributed by atoms with Crippen molar-refractivity contribution in [3.05, 3.63) is 74.5 Å². The molecule has 0 saturated heterocycles. The van der Waals surface area contributed by atoms with E-state index in [4.69, 9.17) is 11.6 Å². The van der Waals surface area contributed by atoms with E-state index in [0.717, 1.165) is 24.3 Å². The van der Waals surface area contributed by atoms with E-state index in [1.807, 2.05) is 0 Å². The summed E-state index contributed by atoms with van der Waals surface area (Å²) in [7, 11) is 0. The number of hydrazine groups is 1. The van der Waals surface area contributed by atoms with Crippen LogP contribution in [-0.4, -0.2) is 16.7 Å². The van der Waals surface area contributed by atoms with Crippen LogP contribution in [0.2, 0.25) is 5.02 Å². The SMILES string of the molecule is O=C(NNC(=O)c1ccc(F)cc1Cl)c1cccc([N+](=O)[O-])c1. The summed E-state index contributed by atoms with van der Waals surface area (Å²) in [5, 5.41) is 10.5. The average Bonchev–Trinajstić information content (AvgIpc) is 2.52. The lowest BCUT2D eigenvalue weighted by Crippen LogP contribution is -2.41. The second kappa shape index (κ2) is 6.84. The first-order valence-electron chi connectivity index (χ1n) is 6.18. The van der Waals surface area contributed by atoms with Gasteiger partial charge in [-0.1, -0.05) is 17.7 Å². The summed E-state index contributed by atoms with van der Waals surface area (Å²) in [6.45, 7) is 0. The largest absolute Gasteiger partial charge is 0.271 e. The van der Waals surface area contributed by atoms with Crippen LogP contribution in [0.5, 0.6) is 0 Å². The third-order valence-corrected chi connectivity index (χ3v) is 3.10. The topological polar surface area (TPSA) is 101 Å². The van der Waals surface area contributed by atoms with Crippen LogP contribution in [0.25, 0.3) is 0 Å². The van der Waals surface area contributed by atoms with Crippen molar-refractivity contribution in [1.29, 1.82) is 0 Å². The second-order valence-electron chi connectivity index (χ2n) is 4.34. The normalized spacial score (nSPS) is 10.0. The number of halogens is 2. The van der Waals surface area contributed by atoms with Gasteiger partial charge in [-0.2, -0.15) is 0 Å². The van der Waals surface area contributed by atoms with Crippen molar-refractivity contribution in [2.75, 3.05) is 0 Å². The maximum Gasteiger partial charge on any atom is 0.271 e. The Hall–Kier alpha value is -3.00. The van der Waals surface area contributed by atoms with Crippen LogP contribution in [0.15, 0.2) is 42.5 Å². The van der Waals surface area contributed by atoms with Crippen molar-refractivity contribution < 1.29 is 18.9 Å². The highest BCUT2D eigenvalue weighted by molar-refractivity contribution is 6.33. The van der Waals surface area contributed by atoms with Crippen LogP contribution in [0.1, 0.15) is 20.7 Å². The van der Waals surface area contributed by atoms with Crippen LogP contribution in [-0.2, 0) is 0 Å². The lowest BCUT2D eigenvalue weighted by molar-refractivity contribution is -0.384. The van der Waals surface area contributed by atoms with Gasteiger partial charge in [0.2, 0.25) is 0 Å². The smallest absolute Gasteiger partial charge is 0.267 e. The van der Waals surface area contributed by atoms with Crippen LogP contribution < -0.4 is 10.9 Å². The number of nitrogens with one attached hydrogen (secondary N) is 2. The summed E-state index contributed by atoms with van der Waals surface area (Å²) in [4.78, 5) is 33.7. The van der Waals surface area contributed by atoms with Crippen molar-refractivity contribution in [1.82, 2.24) is 10.9 Å². The number of carbonyl (C=O) groups is 2. The maximum atomic E-state index is 12.9. The summed E-state index contributed by atoms with van der Waals surface area (Å²) in [6, 6.07) is 8.14. The van der Waals surface area contributed by atoms with Crippen LogP contribution in [0.4, 0.5) is 10.1 Å². The second-order valence-corrected chi connectivity index (χ2v) is 4.75. The van der Waals surface area contributed by atoms with E-state index in [9.17, 15) is 24.1 Å². The van der Waals surface area contributed by atoms with E-state index in [-0.39, 0.29) is 21.8 Å². The van der Waals surface area contributed by atoms with Gasteiger partial charge in [0.1, 0.15) is 5.82 Å². The van der Waals surface area contributed by atoms with Crippen molar-refractivity contribution in [2.45, 2.75) is 0 Å².